The highest BCUT2D eigenvalue weighted by atomic mass is 16.5. The quantitative estimate of drug-likeness (QED) is 0.338. The number of rotatable bonds is 13. The van der Waals surface area contributed by atoms with E-state index >= 15 is 0 Å². The van der Waals surface area contributed by atoms with Crippen LogP contribution >= 0.6 is 0 Å². The SMILES string of the molecule is CCCCCOc1ccc(C2NC(=O)NC(CCCC)=C2C(=O)OCC)cc1OCC. The zero-order valence-electron chi connectivity index (χ0n) is 19.2. The molecule has 7 heteroatoms. The number of carbonyl (C=O) groups is 2. The summed E-state index contributed by atoms with van der Waals surface area (Å²) in [5, 5.41) is 5.68. The van der Waals surface area contributed by atoms with Gasteiger partial charge < -0.3 is 24.8 Å². The first-order valence-electron chi connectivity index (χ1n) is 11.4. The highest BCUT2D eigenvalue weighted by molar-refractivity contribution is 5.95. The Morgan fingerprint density at radius 2 is 1.74 bits per heavy atom. The average molecular weight is 433 g/mol. The first-order valence-corrected chi connectivity index (χ1v) is 11.4. The Kier molecular flexibility index (Phi) is 10.2. The van der Waals surface area contributed by atoms with Gasteiger partial charge in [-0.25, -0.2) is 9.59 Å². The molecule has 2 amide bonds. The van der Waals surface area contributed by atoms with E-state index in [1.807, 2.05) is 25.1 Å². The molecule has 1 heterocycles. The van der Waals surface area contributed by atoms with E-state index in [1.54, 1.807) is 6.92 Å². The van der Waals surface area contributed by atoms with E-state index in [0.29, 0.717) is 42.4 Å². The fraction of sp³-hybridized carbons (Fsp3) is 0.583. The molecule has 0 radical (unpaired) electrons. The van der Waals surface area contributed by atoms with Crippen LogP contribution in [-0.4, -0.2) is 31.8 Å². The van der Waals surface area contributed by atoms with E-state index in [2.05, 4.69) is 24.5 Å². The van der Waals surface area contributed by atoms with Crippen molar-refractivity contribution in [3.8, 4) is 11.5 Å². The van der Waals surface area contributed by atoms with Crippen molar-refractivity contribution in [3.05, 3.63) is 35.0 Å². The number of benzene rings is 1. The zero-order chi connectivity index (χ0) is 22.6. The van der Waals surface area contributed by atoms with Crippen LogP contribution in [0.5, 0.6) is 11.5 Å². The Morgan fingerprint density at radius 1 is 0.968 bits per heavy atom. The van der Waals surface area contributed by atoms with Crippen molar-refractivity contribution < 1.29 is 23.8 Å². The fourth-order valence-corrected chi connectivity index (χ4v) is 3.49. The largest absolute Gasteiger partial charge is 0.490 e. The molecule has 0 spiro atoms. The summed E-state index contributed by atoms with van der Waals surface area (Å²) in [6.45, 7) is 9.26. The number of hydrogen-bond donors (Lipinski definition) is 2. The van der Waals surface area contributed by atoms with E-state index in [1.165, 1.54) is 0 Å². The van der Waals surface area contributed by atoms with Gasteiger partial charge in [-0.15, -0.1) is 0 Å². The Balaban J connectivity index is 2.40. The molecule has 0 bridgehead atoms. The van der Waals surface area contributed by atoms with Gasteiger partial charge in [0.2, 0.25) is 0 Å². The minimum Gasteiger partial charge on any atom is -0.490 e. The molecule has 1 aromatic carbocycles. The van der Waals surface area contributed by atoms with Crippen molar-refractivity contribution in [2.45, 2.75) is 72.3 Å². The van der Waals surface area contributed by atoms with E-state index in [-0.39, 0.29) is 12.6 Å². The third-order valence-corrected chi connectivity index (χ3v) is 5.04. The standard InChI is InChI=1S/C24H36N2O5/c1-5-9-11-15-31-19-14-13-17(16-20(19)29-7-3)22-21(23(27)30-8-4)18(12-10-6-2)25-24(28)26-22/h13-14,16,22H,5-12,15H2,1-4H3,(H2,25,26,28). The molecule has 1 atom stereocenters. The molecule has 2 N–H and O–H groups in total. The van der Waals surface area contributed by atoms with Crippen molar-refractivity contribution >= 4 is 12.0 Å². The van der Waals surface area contributed by atoms with Gasteiger partial charge >= 0.3 is 12.0 Å². The van der Waals surface area contributed by atoms with Gasteiger partial charge in [-0.3, -0.25) is 0 Å². The lowest BCUT2D eigenvalue weighted by Crippen LogP contribution is -2.46. The average Bonchev–Trinajstić information content (AvgIpc) is 2.76. The highest BCUT2D eigenvalue weighted by Gasteiger charge is 2.33. The van der Waals surface area contributed by atoms with Crippen molar-refractivity contribution in [2.24, 2.45) is 0 Å². The Morgan fingerprint density at radius 3 is 2.42 bits per heavy atom. The minimum absolute atomic E-state index is 0.263. The summed E-state index contributed by atoms with van der Waals surface area (Å²) in [5.41, 5.74) is 1.80. The molecule has 172 valence electrons. The number of unbranched alkanes of at least 4 members (excludes halogenated alkanes) is 3. The van der Waals surface area contributed by atoms with Gasteiger partial charge in [0.1, 0.15) is 0 Å². The number of ether oxygens (including phenoxy) is 3. The molecule has 0 saturated heterocycles. The zero-order valence-corrected chi connectivity index (χ0v) is 19.2. The molecular weight excluding hydrogens is 396 g/mol. The Labute approximate surface area is 185 Å². The van der Waals surface area contributed by atoms with Crippen LogP contribution in [0.15, 0.2) is 29.5 Å². The van der Waals surface area contributed by atoms with Crippen molar-refractivity contribution in [1.29, 1.82) is 0 Å². The van der Waals surface area contributed by atoms with Crippen LogP contribution in [0.2, 0.25) is 0 Å². The predicted octanol–water partition coefficient (Wildman–Crippen LogP) is 5.02. The normalized spacial score (nSPS) is 15.9. The van der Waals surface area contributed by atoms with Crippen molar-refractivity contribution in [1.82, 2.24) is 10.6 Å². The summed E-state index contributed by atoms with van der Waals surface area (Å²) in [6, 6.07) is 4.60. The highest BCUT2D eigenvalue weighted by Crippen LogP contribution is 2.35. The number of esters is 1. The lowest BCUT2D eigenvalue weighted by Gasteiger charge is -2.30. The maximum atomic E-state index is 12.8. The number of nitrogens with one attached hydrogen (secondary N) is 2. The Bertz CT molecular complexity index is 775. The maximum absolute atomic E-state index is 12.8. The van der Waals surface area contributed by atoms with E-state index in [9.17, 15) is 9.59 Å². The van der Waals surface area contributed by atoms with Crippen LogP contribution in [0.1, 0.15) is 77.8 Å². The molecule has 0 aromatic heterocycles. The lowest BCUT2D eigenvalue weighted by atomic mass is 9.93. The van der Waals surface area contributed by atoms with Gasteiger partial charge in [0.25, 0.3) is 0 Å². The predicted molar refractivity (Wildman–Crippen MR) is 120 cm³/mol. The second-order valence-electron chi connectivity index (χ2n) is 7.44. The van der Waals surface area contributed by atoms with Gasteiger partial charge in [0, 0.05) is 5.70 Å². The van der Waals surface area contributed by atoms with Gasteiger partial charge in [-0.1, -0.05) is 39.2 Å². The molecule has 0 aliphatic carbocycles. The first-order chi connectivity index (χ1) is 15.0. The molecule has 0 fully saturated rings. The second-order valence-corrected chi connectivity index (χ2v) is 7.44. The van der Waals surface area contributed by atoms with Crippen LogP contribution in [0.25, 0.3) is 0 Å². The number of allylic oxidation sites excluding steroid dienone is 1. The summed E-state index contributed by atoms with van der Waals surface area (Å²) in [5.74, 6) is 0.835. The van der Waals surface area contributed by atoms with Crippen molar-refractivity contribution in [3.63, 3.8) is 0 Å². The summed E-state index contributed by atoms with van der Waals surface area (Å²) in [6.07, 6.45) is 5.62. The molecule has 1 aliphatic rings. The summed E-state index contributed by atoms with van der Waals surface area (Å²) < 4.78 is 17.0. The molecule has 1 aliphatic heterocycles. The topological polar surface area (TPSA) is 85.9 Å². The van der Waals surface area contributed by atoms with Gasteiger partial charge in [-0.2, -0.15) is 0 Å². The third-order valence-electron chi connectivity index (χ3n) is 5.04. The molecule has 1 aromatic rings. The van der Waals surface area contributed by atoms with Gasteiger partial charge in [-0.05, 0) is 50.8 Å². The molecule has 2 rings (SSSR count). The monoisotopic (exact) mass is 432 g/mol. The van der Waals surface area contributed by atoms with Gasteiger partial charge in [0.15, 0.2) is 11.5 Å². The van der Waals surface area contributed by atoms with Crippen LogP contribution in [0.3, 0.4) is 0 Å². The number of amides is 2. The summed E-state index contributed by atoms with van der Waals surface area (Å²) >= 11 is 0. The van der Waals surface area contributed by atoms with E-state index in [4.69, 9.17) is 14.2 Å². The number of carbonyl (C=O) groups excluding carboxylic acids is 2. The van der Waals surface area contributed by atoms with Crippen LogP contribution in [0.4, 0.5) is 4.79 Å². The van der Waals surface area contributed by atoms with Crippen LogP contribution < -0.4 is 20.1 Å². The third kappa shape index (κ3) is 6.91. The first kappa shape index (κ1) is 24.6. The minimum atomic E-state index is -0.618. The van der Waals surface area contributed by atoms with Crippen molar-refractivity contribution in [2.75, 3.05) is 19.8 Å². The van der Waals surface area contributed by atoms with E-state index in [0.717, 1.165) is 37.7 Å². The smallest absolute Gasteiger partial charge is 0.338 e. The molecule has 1 unspecified atom stereocenters. The van der Waals surface area contributed by atoms with Crippen LogP contribution in [-0.2, 0) is 9.53 Å². The molecule has 31 heavy (non-hydrogen) atoms. The fourth-order valence-electron chi connectivity index (χ4n) is 3.49. The number of hydrogen-bond acceptors (Lipinski definition) is 5. The van der Waals surface area contributed by atoms with Gasteiger partial charge in [0.05, 0.1) is 31.4 Å². The molecule has 0 saturated carbocycles. The summed E-state index contributed by atoms with van der Waals surface area (Å²) in [7, 11) is 0. The van der Waals surface area contributed by atoms with E-state index < -0.39 is 12.0 Å². The number of urea groups is 1. The molecular formula is C24H36N2O5. The van der Waals surface area contributed by atoms with Crippen LogP contribution in [0, 0.1) is 0 Å². The molecule has 7 nitrogen and oxygen atoms in total. The lowest BCUT2D eigenvalue weighted by molar-refractivity contribution is -0.139. The maximum Gasteiger partial charge on any atom is 0.338 e. The summed E-state index contributed by atoms with van der Waals surface area (Å²) in [4.78, 5) is 25.2. The Hall–Kier alpha value is -2.70. The second kappa shape index (κ2) is 12.9.